The largest absolute Gasteiger partial charge is 0.497 e. The van der Waals surface area contributed by atoms with E-state index in [1.165, 1.54) is 6.92 Å². The van der Waals surface area contributed by atoms with Gasteiger partial charge in [-0.1, -0.05) is 12.1 Å². The average Bonchev–Trinajstić information content (AvgIpc) is 2.58. The predicted octanol–water partition coefficient (Wildman–Crippen LogP) is -0.413. The maximum absolute atomic E-state index is 12.4. The Kier molecular flexibility index (Phi) is 4.73. The van der Waals surface area contributed by atoms with Gasteiger partial charge in [0.15, 0.2) is 0 Å². The molecule has 0 aromatic heterocycles. The number of fused-ring (bicyclic) bond motifs is 1. The Morgan fingerprint density at radius 1 is 1.29 bits per heavy atom. The molecule has 7 nitrogen and oxygen atoms in total. The number of aliphatic hydroxyl groups excluding tert-OH is 1. The van der Waals surface area contributed by atoms with Gasteiger partial charge in [-0.2, -0.15) is 0 Å². The summed E-state index contributed by atoms with van der Waals surface area (Å²) in [6.45, 7) is 3.93. The van der Waals surface area contributed by atoms with E-state index in [1.54, 1.807) is 12.0 Å². The molecule has 24 heavy (non-hydrogen) atoms. The van der Waals surface area contributed by atoms with Crippen molar-refractivity contribution in [3.8, 4) is 5.75 Å². The van der Waals surface area contributed by atoms with Gasteiger partial charge in [0.1, 0.15) is 17.8 Å². The molecular weight excluding hydrogens is 310 g/mol. The molecular formula is C17H23N3O4. The molecule has 2 fully saturated rings. The van der Waals surface area contributed by atoms with Crippen LogP contribution < -0.4 is 10.1 Å². The fraction of sp³-hybridized carbons (Fsp3) is 0.529. The highest BCUT2D eigenvalue weighted by molar-refractivity contribution is 5.97. The molecule has 0 unspecified atom stereocenters. The van der Waals surface area contributed by atoms with Crippen LogP contribution in [0.4, 0.5) is 0 Å². The van der Waals surface area contributed by atoms with Crippen molar-refractivity contribution in [2.45, 2.75) is 31.7 Å². The smallest absolute Gasteiger partial charge is 0.248 e. The summed E-state index contributed by atoms with van der Waals surface area (Å²) >= 11 is 0. The van der Waals surface area contributed by atoms with E-state index in [-0.39, 0.29) is 11.8 Å². The molecule has 3 rings (SSSR count). The molecule has 0 saturated carbocycles. The second kappa shape index (κ2) is 6.78. The van der Waals surface area contributed by atoms with E-state index in [0.29, 0.717) is 19.6 Å². The molecule has 130 valence electrons. The number of hydrogen-bond acceptors (Lipinski definition) is 5. The number of carbonyl (C=O) groups excluding carboxylic acids is 2. The summed E-state index contributed by atoms with van der Waals surface area (Å²) in [5.41, 5.74) is 1.13. The fourth-order valence-electron chi connectivity index (χ4n) is 3.28. The number of nitrogens with zero attached hydrogens (tertiary/aromatic N) is 2. The third-order valence-corrected chi connectivity index (χ3v) is 4.66. The fourth-order valence-corrected chi connectivity index (χ4v) is 3.28. The van der Waals surface area contributed by atoms with Gasteiger partial charge >= 0.3 is 0 Å². The predicted molar refractivity (Wildman–Crippen MR) is 87.4 cm³/mol. The van der Waals surface area contributed by atoms with E-state index < -0.39 is 18.2 Å². The number of nitrogens with one attached hydrogen (secondary N) is 1. The monoisotopic (exact) mass is 333 g/mol. The molecule has 0 radical (unpaired) electrons. The van der Waals surface area contributed by atoms with Crippen LogP contribution in [0.2, 0.25) is 0 Å². The molecule has 2 N–H and O–H groups in total. The maximum atomic E-state index is 12.4. The molecule has 0 spiro atoms. The zero-order valence-corrected chi connectivity index (χ0v) is 13.9. The molecule has 2 saturated heterocycles. The standard InChI is InChI=1S/C17H23N3O4/c1-11(21)15-17(23)20-8-7-19(10-14(20)16(22)18-15)9-12-3-5-13(24-2)6-4-12/h3-6,11,14-15,21H,7-10H2,1-2H3,(H,18,22)/t11-,14-,15+/m1/s1. The third-order valence-electron chi connectivity index (χ3n) is 4.66. The van der Waals surface area contributed by atoms with Crippen molar-refractivity contribution >= 4 is 11.8 Å². The lowest BCUT2D eigenvalue weighted by atomic mass is 10.0. The molecule has 2 aliphatic rings. The maximum Gasteiger partial charge on any atom is 0.248 e. The van der Waals surface area contributed by atoms with Crippen LogP contribution in [0, 0.1) is 0 Å². The van der Waals surface area contributed by atoms with Crippen LogP contribution in [-0.2, 0) is 16.1 Å². The Morgan fingerprint density at radius 3 is 2.62 bits per heavy atom. The zero-order chi connectivity index (χ0) is 17.3. The summed E-state index contributed by atoms with van der Waals surface area (Å²) in [6, 6.07) is 6.51. The minimum atomic E-state index is -0.889. The van der Waals surface area contributed by atoms with Crippen molar-refractivity contribution in [3.05, 3.63) is 29.8 Å². The van der Waals surface area contributed by atoms with Gasteiger partial charge in [0.25, 0.3) is 0 Å². The molecule has 7 heteroatoms. The number of methoxy groups -OCH3 is 1. The van der Waals surface area contributed by atoms with Crippen molar-refractivity contribution in [1.29, 1.82) is 0 Å². The minimum absolute atomic E-state index is 0.195. The second-order valence-corrected chi connectivity index (χ2v) is 6.36. The Hall–Kier alpha value is -2.12. The molecule has 2 heterocycles. The van der Waals surface area contributed by atoms with Gasteiger partial charge in [-0.05, 0) is 24.6 Å². The van der Waals surface area contributed by atoms with Crippen LogP contribution in [0.1, 0.15) is 12.5 Å². The second-order valence-electron chi connectivity index (χ2n) is 6.36. The first-order valence-electron chi connectivity index (χ1n) is 8.14. The molecule has 2 aliphatic heterocycles. The molecule has 3 atom stereocenters. The van der Waals surface area contributed by atoms with Gasteiger partial charge in [0.05, 0.1) is 13.2 Å². The highest BCUT2D eigenvalue weighted by atomic mass is 16.5. The van der Waals surface area contributed by atoms with Gasteiger partial charge in [-0.3, -0.25) is 14.5 Å². The van der Waals surface area contributed by atoms with E-state index in [0.717, 1.165) is 17.9 Å². The number of aliphatic hydroxyl groups is 1. The molecule has 1 aromatic rings. The summed E-state index contributed by atoms with van der Waals surface area (Å²) < 4.78 is 5.15. The van der Waals surface area contributed by atoms with Gasteiger partial charge in [-0.25, -0.2) is 0 Å². The van der Waals surface area contributed by atoms with E-state index in [4.69, 9.17) is 4.74 Å². The Labute approximate surface area is 141 Å². The number of benzene rings is 1. The number of carbonyl (C=O) groups is 2. The third kappa shape index (κ3) is 3.22. The Bertz CT molecular complexity index is 617. The van der Waals surface area contributed by atoms with Gasteiger partial charge in [-0.15, -0.1) is 0 Å². The molecule has 1 aromatic carbocycles. The van der Waals surface area contributed by atoms with Gasteiger partial charge in [0.2, 0.25) is 11.8 Å². The van der Waals surface area contributed by atoms with Crippen LogP contribution in [0.3, 0.4) is 0 Å². The number of ether oxygens (including phenoxy) is 1. The summed E-state index contributed by atoms with van der Waals surface area (Å²) in [5, 5.41) is 12.3. The van der Waals surface area contributed by atoms with E-state index in [2.05, 4.69) is 10.2 Å². The van der Waals surface area contributed by atoms with Gasteiger partial charge < -0.3 is 20.1 Å². The first-order valence-corrected chi connectivity index (χ1v) is 8.14. The Morgan fingerprint density at radius 2 is 2.00 bits per heavy atom. The number of hydrogen-bond donors (Lipinski definition) is 2. The van der Waals surface area contributed by atoms with Crippen molar-refractivity contribution in [2.75, 3.05) is 26.7 Å². The first kappa shape index (κ1) is 16.7. The van der Waals surface area contributed by atoms with Crippen molar-refractivity contribution < 1.29 is 19.4 Å². The van der Waals surface area contributed by atoms with Crippen LogP contribution >= 0.6 is 0 Å². The van der Waals surface area contributed by atoms with Crippen LogP contribution in [-0.4, -0.2) is 71.7 Å². The number of amides is 2. The molecule has 0 aliphatic carbocycles. The topological polar surface area (TPSA) is 82.1 Å². The van der Waals surface area contributed by atoms with E-state index >= 15 is 0 Å². The Balaban J connectivity index is 1.65. The first-order chi connectivity index (χ1) is 11.5. The lowest BCUT2D eigenvalue weighted by Crippen LogP contribution is -2.70. The highest BCUT2D eigenvalue weighted by Crippen LogP contribution is 2.20. The summed E-state index contributed by atoms with van der Waals surface area (Å²) in [4.78, 5) is 28.5. The SMILES string of the molecule is COc1ccc(CN2CCN3C(=O)[C@H]([C@@H](C)O)NC(=O)[C@H]3C2)cc1. The lowest BCUT2D eigenvalue weighted by Gasteiger charge is -2.45. The van der Waals surface area contributed by atoms with Crippen molar-refractivity contribution in [3.63, 3.8) is 0 Å². The lowest BCUT2D eigenvalue weighted by molar-refractivity contribution is -0.156. The average molecular weight is 333 g/mol. The normalized spacial score (nSPS) is 25.9. The zero-order valence-electron chi connectivity index (χ0n) is 13.9. The summed E-state index contributed by atoms with van der Waals surface area (Å²) in [6.07, 6.45) is -0.889. The van der Waals surface area contributed by atoms with Crippen molar-refractivity contribution in [1.82, 2.24) is 15.1 Å². The quantitative estimate of drug-likeness (QED) is 0.783. The summed E-state index contributed by atoms with van der Waals surface area (Å²) in [5.74, 6) is 0.420. The van der Waals surface area contributed by atoms with Crippen LogP contribution in [0.5, 0.6) is 5.75 Å². The highest BCUT2D eigenvalue weighted by Gasteiger charge is 2.44. The van der Waals surface area contributed by atoms with Gasteiger partial charge in [0, 0.05) is 26.2 Å². The van der Waals surface area contributed by atoms with Crippen LogP contribution in [0.15, 0.2) is 24.3 Å². The van der Waals surface area contributed by atoms with Crippen LogP contribution in [0.25, 0.3) is 0 Å². The van der Waals surface area contributed by atoms with E-state index in [1.807, 2.05) is 24.3 Å². The number of rotatable bonds is 4. The molecule has 0 bridgehead atoms. The van der Waals surface area contributed by atoms with Crippen molar-refractivity contribution in [2.24, 2.45) is 0 Å². The summed E-state index contributed by atoms with van der Waals surface area (Å²) in [7, 11) is 1.63. The minimum Gasteiger partial charge on any atom is -0.497 e. The van der Waals surface area contributed by atoms with E-state index in [9.17, 15) is 14.7 Å². The molecule has 2 amide bonds. The number of piperazine rings is 2.